The number of likely N-dealkylation sites (tertiary alicyclic amines) is 1. The molecule has 2 aliphatic carbocycles. The highest BCUT2D eigenvalue weighted by Crippen LogP contribution is 2.65. The van der Waals surface area contributed by atoms with Crippen LogP contribution in [0.2, 0.25) is 0 Å². The van der Waals surface area contributed by atoms with Crippen molar-refractivity contribution in [3.05, 3.63) is 35.1 Å². The summed E-state index contributed by atoms with van der Waals surface area (Å²) in [5.74, 6) is -1.56. The van der Waals surface area contributed by atoms with E-state index in [1.54, 1.807) is 32.9 Å². The molecule has 0 unspecified atom stereocenters. The van der Waals surface area contributed by atoms with Gasteiger partial charge in [-0.2, -0.15) is 0 Å². The van der Waals surface area contributed by atoms with Gasteiger partial charge < -0.3 is 38.4 Å². The van der Waals surface area contributed by atoms with E-state index in [9.17, 15) is 24.3 Å². The monoisotopic (exact) mass is 811 g/mol. The highest BCUT2D eigenvalue weighted by atomic mass is 16.7. The predicted octanol–water partition coefficient (Wildman–Crippen LogP) is 8.95. The van der Waals surface area contributed by atoms with Gasteiger partial charge in [0, 0.05) is 24.4 Å². The molecule has 58 heavy (non-hydrogen) atoms. The number of carbonyl (C=O) groups excluding carboxylic acids is 4. The number of hydrogen-bond donors (Lipinski definition) is 1. The SMILES string of the molecule is CCCCCCCCCCCCCCCCCC(=O)O[C@@H](C)C(=O)O[C@@H](C)C(=O)OC1=CC[C@@]2(O)[C@@H]3Cc4ccc(OC(=O)OC(C)(C)C)c5c4[C@@]2(CCN3C)[C@H]1O5. The van der Waals surface area contributed by atoms with Crippen LogP contribution in [0.15, 0.2) is 24.0 Å². The molecule has 2 heterocycles. The fourth-order valence-electron chi connectivity index (χ4n) is 9.33. The van der Waals surface area contributed by atoms with Crippen molar-refractivity contribution in [1.82, 2.24) is 4.90 Å². The van der Waals surface area contributed by atoms with Crippen molar-refractivity contribution in [3.63, 3.8) is 0 Å². The molecular formula is C46H69NO11. The average Bonchev–Trinajstić information content (AvgIpc) is 3.52. The second-order valence-electron chi connectivity index (χ2n) is 18.0. The fraction of sp³-hybridized carbons (Fsp3) is 0.739. The molecule has 1 spiro atoms. The van der Waals surface area contributed by atoms with Crippen molar-refractivity contribution in [3.8, 4) is 11.5 Å². The maximum atomic E-state index is 13.5. The molecule has 1 aromatic rings. The summed E-state index contributed by atoms with van der Waals surface area (Å²) in [6.45, 7) is 10.9. The molecule has 5 rings (SSSR count). The van der Waals surface area contributed by atoms with E-state index >= 15 is 0 Å². The number of hydrogen-bond acceptors (Lipinski definition) is 12. The summed E-state index contributed by atoms with van der Waals surface area (Å²) < 4.78 is 34.3. The molecule has 0 saturated carbocycles. The van der Waals surface area contributed by atoms with Crippen molar-refractivity contribution in [1.29, 1.82) is 0 Å². The van der Waals surface area contributed by atoms with E-state index in [-0.39, 0.29) is 30.4 Å². The molecule has 1 saturated heterocycles. The molecule has 12 nitrogen and oxygen atoms in total. The van der Waals surface area contributed by atoms with E-state index in [4.69, 9.17) is 28.4 Å². The van der Waals surface area contributed by atoms with Gasteiger partial charge in [0.15, 0.2) is 29.8 Å². The third-order valence-corrected chi connectivity index (χ3v) is 12.4. The summed E-state index contributed by atoms with van der Waals surface area (Å²) in [5.41, 5.74) is -1.36. The van der Waals surface area contributed by atoms with Gasteiger partial charge >= 0.3 is 24.1 Å². The summed E-state index contributed by atoms with van der Waals surface area (Å²) in [5, 5.41) is 12.5. The largest absolute Gasteiger partial charge is 0.514 e. The Morgan fingerprint density at radius 1 is 0.845 bits per heavy atom. The van der Waals surface area contributed by atoms with Crippen LogP contribution < -0.4 is 9.47 Å². The highest BCUT2D eigenvalue weighted by molar-refractivity contribution is 5.83. The van der Waals surface area contributed by atoms with Crippen molar-refractivity contribution < 1.29 is 52.7 Å². The number of esters is 3. The number of unbranched alkanes of at least 4 members (excludes halogenated alkanes) is 14. The van der Waals surface area contributed by atoms with Crippen molar-refractivity contribution >= 4 is 24.1 Å². The Bertz CT molecular complexity index is 1630. The lowest BCUT2D eigenvalue weighted by atomic mass is 9.50. The maximum Gasteiger partial charge on any atom is 0.514 e. The molecule has 1 N–H and O–H groups in total. The smallest absolute Gasteiger partial charge is 0.477 e. The Morgan fingerprint density at radius 3 is 2.03 bits per heavy atom. The summed E-state index contributed by atoms with van der Waals surface area (Å²) in [7, 11) is 1.99. The van der Waals surface area contributed by atoms with Crippen LogP contribution in [0.1, 0.15) is 168 Å². The van der Waals surface area contributed by atoms with E-state index in [2.05, 4.69) is 11.8 Å². The first kappa shape index (κ1) is 45.4. The molecule has 6 atom stereocenters. The second-order valence-corrected chi connectivity index (χ2v) is 18.0. The number of benzene rings is 1. The van der Waals surface area contributed by atoms with Crippen LogP contribution in [-0.2, 0) is 45.2 Å². The average molecular weight is 812 g/mol. The van der Waals surface area contributed by atoms with Crippen LogP contribution in [0.5, 0.6) is 11.5 Å². The van der Waals surface area contributed by atoms with Gasteiger partial charge in [-0.05, 0) is 85.2 Å². The van der Waals surface area contributed by atoms with Crippen LogP contribution >= 0.6 is 0 Å². The molecular weight excluding hydrogens is 743 g/mol. The van der Waals surface area contributed by atoms with Gasteiger partial charge in [-0.1, -0.05) is 103 Å². The fourth-order valence-corrected chi connectivity index (χ4v) is 9.33. The number of ether oxygens (including phenoxy) is 6. The minimum atomic E-state index is -1.33. The Hall–Kier alpha value is -3.64. The van der Waals surface area contributed by atoms with Gasteiger partial charge in [-0.3, -0.25) is 4.79 Å². The molecule has 324 valence electrons. The summed E-state index contributed by atoms with van der Waals surface area (Å²) in [6.07, 6.45) is 17.2. The van der Waals surface area contributed by atoms with Crippen LogP contribution in [0, 0.1) is 0 Å². The van der Waals surface area contributed by atoms with E-state index in [0.717, 1.165) is 30.4 Å². The molecule has 0 amide bonds. The molecule has 4 aliphatic rings. The van der Waals surface area contributed by atoms with Gasteiger partial charge in [0.1, 0.15) is 11.4 Å². The number of nitrogens with zero attached hydrogens (tertiary/aromatic N) is 1. The third-order valence-electron chi connectivity index (χ3n) is 12.4. The van der Waals surface area contributed by atoms with Crippen LogP contribution in [0.3, 0.4) is 0 Å². The maximum absolute atomic E-state index is 13.5. The van der Waals surface area contributed by atoms with Crippen LogP contribution in [-0.4, -0.2) is 83.2 Å². The summed E-state index contributed by atoms with van der Waals surface area (Å²) in [4.78, 5) is 53.8. The van der Waals surface area contributed by atoms with E-state index in [1.165, 1.54) is 84.5 Å². The summed E-state index contributed by atoms with van der Waals surface area (Å²) >= 11 is 0. The van der Waals surface area contributed by atoms with Gasteiger partial charge in [0.05, 0.1) is 11.0 Å². The van der Waals surface area contributed by atoms with E-state index in [0.29, 0.717) is 31.6 Å². The van der Waals surface area contributed by atoms with E-state index in [1.807, 2.05) is 13.1 Å². The topological polar surface area (TPSA) is 147 Å². The van der Waals surface area contributed by atoms with Gasteiger partial charge in [-0.25, -0.2) is 14.4 Å². The van der Waals surface area contributed by atoms with Gasteiger partial charge in [0.2, 0.25) is 0 Å². The highest BCUT2D eigenvalue weighted by Gasteiger charge is 2.72. The lowest BCUT2D eigenvalue weighted by Gasteiger charge is -2.61. The number of aliphatic hydroxyl groups is 1. The van der Waals surface area contributed by atoms with Gasteiger partial charge in [-0.15, -0.1) is 0 Å². The lowest BCUT2D eigenvalue weighted by molar-refractivity contribution is -0.180. The Morgan fingerprint density at radius 2 is 1.43 bits per heavy atom. The number of piperidine rings is 1. The first-order valence-corrected chi connectivity index (χ1v) is 22.1. The number of rotatable bonds is 22. The minimum Gasteiger partial charge on any atom is -0.477 e. The van der Waals surface area contributed by atoms with Crippen molar-refractivity contribution in [2.75, 3.05) is 13.6 Å². The van der Waals surface area contributed by atoms with Crippen molar-refractivity contribution in [2.24, 2.45) is 0 Å². The zero-order valence-corrected chi connectivity index (χ0v) is 36.2. The first-order valence-electron chi connectivity index (χ1n) is 22.1. The Labute approximate surface area is 345 Å². The van der Waals surface area contributed by atoms with Crippen LogP contribution in [0.25, 0.3) is 0 Å². The molecule has 2 aliphatic heterocycles. The number of likely N-dealkylation sites (N-methyl/N-ethyl adjacent to an activating group) is 1. The molecule has 0 aromatic heterocycles. The zero-order valence-electron chi connectivity index (χ0n) is 36.2. The Balaban J connectivity index is 1.08. The Kier molecular flexibility index (Phi) is 15.7. The molecule has 2 bridgehead atoms. The second kappa shape index (κ2) is 20.1. The normalized spacial score (nSPS) is 24.1. The van der Waals surface area contributed by atoms with E-state index < -0.39 is 59.0 Å². The van der Waals surface area contributed by atoms with Crippen molar-refractivity contribution in [2.45, 2.75) is 205 Å². The molecule has 1 aromatic carbocycles. The standard InChI is InChI=1S/C46H69NO11/c1-8-9-10-11-12-13-14-15-16-17-18-19-20-21-22-23-37(48)53-31(2)41(49)54-32(3)42(50)55-35-26-27-46(52)36-30-33-24-25-34(56-43(51)58-44(4,5)6)39-38(33)45(46,40(35)57-39)28-29-47(36)7/h24-26,31-32,36,40,52H,8-23,27-30H2,1-7H3/t31-,32-,36-,40-,45-,46+/m0/s1. The minimum absolute atomic E-state index is 0.146. The zero-order chi connectivity index (χ0) is 42.1. The third kappa shape index (κ3) is 10.6. The molecule has 1 fully saturated rings. The van der Waals surface area contributed by atoms with Gasteiger partial charge in [0.25, 0.3) is 0 Å². The predicted molar refractivity (Wildman–Crippen MR) is 219 cm³/mol. The van der Waals surface area contributed by atoms with Crippen LogP contribution in [0.4, 0.5) is 4.79 Å². The number of carbonyl (C=O) groups is 4. The lowest BCUT2D eigenvalue weighted by Crippen LogP contribution is -2.74. The summed E-state index contributed by atoms with van der Waals surface area (Å²) in [6, 6.07) is 3.32. The molecule has 12 heteroatoms. The molecule has 0 radical (unpaired) electrons. The quantitative estimate of drug-likeness (QED) is 0.0516. The first-order chi connectivity index (χ1) is 27.6.